The van der Waals surface area contributed by atoms with Gasteiger partial charge in [0, 0.05) is 0 Å². The van der Waals surface area contributed by atoms with Crippen LogP contribution in [0.1, 0.15) is 6.42 Å². The lowest BCUT2D eigenvalue weighted by Gasteiger charge is -2.13. The highest BCUT2D eigenvalue weighted by Crippen LogP contribution is 2.23. The largest absolute Gasteiger partial charge is 0.391 e. The number of amides is 1. The average molecular weight is 220 g/mol. The minimum absolute atomic E-state index is 0.114. The van der Waals surface area contributed by atoms with Crippen molar-refractivity contribution in [2.24, 2.45) is 0 Å². The molecule has 2 aromatic heterocycles. The van der Waals surface area contributed by atoms with E-state index in [2.05, 4.69) is 25.4 Å². The molecule has 1 unspecified atom stereocenters. The number of anilines is 1. The molecule has 0 aliphatic carbocycles. The lowest BCUT2D eigenvalue weighted by molar-refractivity contribution is -0.117. The first-order chi connectivity index (χ1) is 7.75. The first kappa shape index (κ1) is 9.16. The average Bonchev–Trinajstić information content (AvgIpc) is 2.84. The van der Waals surface area contributed by atoms with E-state index in [0.29, 0.717) is 17.0 Å². The van der Waals surface area contributed by atoms with Gasteiger partial charge in [-0.1, -0.05) is 0 Å². The number of rotatable bonds is 1. The van der Waals surface area contributed by atoms with Crippen LogP contribution in [0.2, 0.25) is 0 Å². The number of hydrogen-bond donors (Lipinski definition) is 2. The molecule has 0 aromatic carbocycles. The third-order valence-corrected chi connectivity index (χ3v) is 2.46. The summed E-state index contributed by atoms with van der Waals surface area (Å²) in [7, 11) is 0. The van der Waals surface area contributed by atoms with E-state index in [-0.39, 0.29) is 18.9 Å². The minimum atomic E-state index is -0.649. The van der Waals surface area contributed by atoms with Gasteiger partial charge in [-0.25, -0.2) is 9.97 Å². The lowest BCUT2D eigenvalue weighted by atomic mass is 10.3. The number of nitrogens with one attached hydrogen (secondary N) is 1. The molecule has 1 aliphatic heterocycles. The van der Waals surface area contributed by atoms with Crippen LogP contribution in [0, 0.1) is 0 Å². The number of β-amino-alcohol motifs (C(OH)–C–C–N with tert-alkyl or cyclic N) is 1. The molecule has 1 saturated heterocycles. The van der Waals surface area contributed by atoms with Crippen LogP contribution in [0.15, 0.2) is 6.33 Å². The van der Waals surface area contributed by atoms with Crippen LogP contribution >= 0.6 is 0 Å². The summed E-state index contributed by atoms with van der Waals surface area (Å²) in [5.41, 5.74) is 0.837. The van der Waals surface area contributed by atoms with Crippen molar-refractivity contribution in [2.75, 3.05) is 11.4 Å². The second-order valence-corrected chi connectivity index (χ2v) is 3.56. The molecular formula is C8H8N6O2. The molecule has 16 heavy (non-hydrogen) atoms. The van der Waals surface area contributed by atoms with Crippen molar-refractivity contribution in [1.29, 1.82) is 0 Å². The summed E-state index contributed by atoms with van der Waals surface area (Å²) in [4.78, 5) is 20.9. The zero-order valence-electron chi connectivity index (χ0n) is 8.16. The van der Waals surface area contributed by atoms with Gasteiger partial charge in [0.05, 0.1) is 19.1 Å². The predicted molar refractivity (Wildman–Crippen MR) is 52.5 cm³/mol. The number of H-pyrrole nitrogens is 1. The third kappa shape index (κ3) is 1.23. The van der Waals surface area contributed by atoms with Crippen molar-refractivity contribution >= 4 is 22.9 Å². The van der Waals surface area contributed by atoms with Crippen molar-refractivity contribution in [3.63, 3.8) is 0 Å². The maximum absolute atomic E-state index is 11.6. The molecule has 8 heteroatoms. The van der Waals surface area contributed by atoms with E-state index in [4.69, 9.17) is 0 Å². The quantitative estimate of drug-likeness (QED) is 0.628. The maximum atomic E-state index is 11.6. The number of hydrogen-bond acceptors (Lipinski definition) is 6. The molecule has 0 radical (unpaired) electrons. The smallest absolute Gasteiger partial charge is 0.230 e. The molecule has 3 heterocycles. The maximum Gasteiger partial charge on any atom is 0.230 e. The Hall–Kier alpha value is -2.09. The van der Waals surface area contributed by atoms with Gasteiger partial charge in [0.25, 0.3) is 0 Å². The Morgan fingerprint density at radius 2 is 2.31 bits per heavy atom. The standard InChI is InChI=1S/C8H8N6O2/c15-4-1-5(16)14(2-4)8-6-7(9-3-10-8)12-13-11-6/h3-4,15H,1-2H2,(H,9,10,11,12,13). The zero-order chi connectivity index (χ0) is 11.1. The summed E-state index contributed by atoms with van der Waals surface area (Å²) in [6.45, 7) is 0.234. The van der Waals surface area contributed by atoms with Gasteiger partial charge < -0.3 is 5.11 Å². The summed E-state index contributed by atoms with van der Waals surface area (Å²) in [6.07, 6.45) is 0.783. The van der Waals surface area contributed by atoms with Crippen LogP contribution in [-0.2, 0) is 4.79 Å². The highest BCUT2D eigenvalue weighted by molar-refractivity contribution is 6.00. The Bertz CT molecular complexity index is 552. The zero-order valence-corrected chi connectivity index (χ0v) is 8.16. The van der Waals surface area contributed by atoms with Gasteiger partial charge in [0.1, 0.15) is 6.33 Å². The summed E-state index contributed by atoms with van der Waals surface area (Å²) in [5, 5.41) is 19.5. The number of fused-ring (bicyclic) bond motifs is 1. The van der Waals surface area contributed by atoms with Gasteiger partial charge in [0.15, 0.2) is 11.3 Å². The molecule has 1 aliphatic rings. The molecule has 0 bridgehead atoms. The van der Waals surface area contributed by atoms with Gasteiger partial charge in [0.2, 0.25) is 11.6 Å². The normalized spacial score (nSPS) is 20.9. The summed E-state index contributed by atoms with van der Waals surface area (Å²) < 4.78 is 0. The van der Waals surface area contributed by atoms with E-state index in [9.17, 15) is 9.90 Å². The Labute approximate surface area is 89.3 Å². The van der Waals surface area contributed by atoms with Crippen LogP contribution < -0.4 is 4.90 Å². The van der Waals surface area contributed by atoms with Crippen LogP contribution in [0.5, 0.6) is 0 Å². The van der Waals surface area contributed by atoms with Crippen molar-refractivity contribution in [2.45, 2.75) is 12.5 Å². The number of aliphatic hydroxyl groups excluding tert-OH is 1. The summed E-state index contributed by atoms with van der Waals surface area (Å²) >= 11 is 0. The second-order valence-electron chi connectivity index (χ2n) is 3.56. The Kier molecular flexibility index (Phi) is 1.83. The van der Waals surface area contributed by atoms with Crippen LogP contribution in [0.25, 0.3) is 11.2 Å². The molecule has 2 N–H and O–H groups in total. The number of carbonyl (C=O) groups is 1. The minimum Gasteiger partial charge on any atom is -0.391 e. The summed E-state index contributed by atoms with van der Waals surface area (Å²) in [5.74, 6) is 0.218. The van der Waals surface area contributed by atoms with Crippen LogP contribution in [0.3, 0.4) is 0 Å². The van der Waals surface area contributed by atoms with Crippen LogP contribution in [-0.4, -0.2) is 49.0 Å². The molecule has 2 aromatic rings. The van der Waals surface area contributed by atoms with Crippen molar-refractivity contribution in [3.8, 4) is 0 Å². The molecular weight excluding hydrogens is 212 g/mol. The second kappa shape index (κ2) is 3.20. The topological polar surface area (TPSA) is 108 Å². The van der Waals surface area contributed by atoms with E-state index >= 15 is 0 Å². The highest BCUT2D eigenvalue weighted by Gasteiger charge is 2.31. The Morgan fingerprint density at radius 1 is 1.44 bits per heavy atom. The Balaban J connectivity index is 2.12. The molecule has 8 nitrogen and oxygen atoms in total. The fourth-order valence-corrected chi connectivity index (χ4v) is 1.76. The fraction of sp³-hybridized carbons (Fsp3) is 0.375. The number of aromatic amines is 1. The SMILES string of the molecule is O=C1CC(O)CN1c1ncnc2n[nH]nc12. The molecule has 1 amide bonds. The molecule has 1 atom stereocenters. The number of aromatic nitrogens is 5. The molecule has 82 valence electrons. The van der Waals surface area contributed by atoms with E-state index in [1.807, 2.05) is 0 Å². The van der Waals surface area contributed by atoms with Gasteiger partial charge in [-0.2, -0.15) is 10.3 Å². The predicted octanol–water partition coefficient (Wildman–Crippen LogP) is -1.15. The summed E-state index contributed by atoms with van der Waals surface area (Å²) in [6, 6.07) is 0. The van der Waals surface area contributed by atoms with Gasteiger partial charge in [-0.05, 0) is 0 Å². The van der Waals surface area contributed by atoms with Crippen molar-refractivity contribution < 1.29 is 9.90 Å². The lowest BCUT2D eigenvalue weighted by Crippen LogP contribution is -2.26. The fourth-order valence-electron chi connectivity index (χ4n) is 1.76. The van der Waals surface area contributed by atoms with Gasteiger partial charge in [-0.15, -0.1) is 5.10 Å². The molecule has 0 spiro atoms. The van der Waals surface area contributed by atoms with Crippen molar-refractivity contribution in [3.05, 3.63) is 6.33 Å². The third-order valence-electron chi connectivity index (χ3n) is 2.46. The first-order valence-electron chi connectivity index (χ1n) is 4.75. The van der Waals surface area contributed by atoms with E-state index in [1.165, 1.54) is 11.2 Å². The van der Waals surface area contributed by atoms with Gasteiger partial charge in [-0.3, -0.25) is 9.69 Å². The highest BCUT2D eigenvalue weighted by atomic mass is 16.3. The number of carbonyl (C=O) groups excluding carboxylic acids is 1. The molecule has 0 saturated carbocycles. The van der Waals surface area contributed by atoms with Crippen molar-refractivity contribution in [1.82, 2.24) is 25.4 Å². The van der Waals surface area contributed by atoms with Crippen LogP contribution in [0.4, 0.5) is 5.82 Å². The molecule has 3 rings (SSSR count). The van der Waals surface area contributed by atoms with E-state index in [1.54, 1.807) is 0 Å². The van der Waals surface area contributed by atoms with E-state index in [0.717, 1.165) is 0 Å². The van der Waals surface area contributed by atoms with Gasteiger partial charge >= 0.3 is 0 Å². The Morgan fingerprint density at radius 3 is 3.06 bits per heavy atom. The number of nitrogens with zero attached hydrogens (tertiary/aromatic N) is 5. The number of aliphatic hydroxyl groups is 1. The first-order valence-corrected chi connectivity index (χ1v) is 4.75. The van der Waals surface area contributed by atoms with E-state index < -0.39 is 6.10 Å². The molecule has 1 fully saturated rings. The monoisotopic (exact) mass is 220 g/mol.